The van der Waals surface area contributed by atoms with E-state index in [2.05, 4.69) is 29.5 Å². The fraction of sp³-hybridized carbons (Fsp3) is 0.769. The third kappa shape index (κ3) is 3.05. The van der Waals surface area contributed by atoms with E-state index in [0.29, 0.717) is 12.1 Å². The molecule has 2 rings (SSSR count). The molecule has 16 heavy (non-hydrogen) atoms. The molecule has 2 atom stereocenters. The van der Waals surface area contributed by atoms with Crippen molar-refractivity contribution in [2.45, 2.75) is 58.0 Å². The van der Waals surface area contributed by atoms with Crippen molar-refractivity contribution in [3.63, 3.8) is 0 Å². The minimum absolute atomic E-state index is 0.392. The van der Waals surface area contributed by atoms with Gasteiger partial charge in [0.25, 0.3) is 0 Å². The molecule has 1 N–H and O–H groups in total. The van der Waals surface area contributed by atoms with E-state index in [4.69, 9.17) is 0 Å². The Kier molecular flexibility index (Phi) is 4.36. The molecule has 1 aliphatic rings. The number of hydrogen-bond donors (Lipinski definition) is 1. The highest BCUT2D eigenvalue weighted by Gasteiger charge is 2.21. The molecule has 1 aromatic heterocycles. The predicted molar refractivity (Wildman–Crippen MR) is 69.7 cm³/mol. The Balaban J connectivity index is 1.84. The van der Waals surface area contributed by atoms with E-state index >= 15 is 0 Å². The summed E-state index contributed by atoms with van der Waals surface area (Å²) in [4.78, 5) is 4.37. The monoisotopic (exact) mass is 238 g/mol. The van der Waals surface area contributed by atoms with Gasteiger partial charge in [-0.05, 0) is 32.6 Å². The highest BCUT2D eigenvalue weighted by atomic mass is 32.1. The molecule has 0 spiro atoms. The van der Waals surface area contributed by atoms with E-state index in [1.54, 1.807) is 11.3 Å². The molecule has 0 aromatic carbocycles. The van der Waals surface area contributed by atoms with Crippen LogP contribution < -0.4 is 5.32 Å². The van der Waals surface area contributed by atoms with Gasteiger partial charge < -0.3 is 5.32 Å². The van der Waals surface area contributed by atoms with Crippen LogP contribution in [0.1, 0.15) is 57.7 Å². The fourth-order valence-electron chi connectivity index (χ4n) is 2.69. The maximum Gasteiger partial charge on any atom is 0.0795 e. The third-order valence-electron chi connectivity index (χ3n) is 3.76. The Morgan fingerprint density at radius 2 is 2.06 bits per heavy atom. The van der Waals surface area contributed by atoms with E-state index in [9.17, 15) is 0 Å². The largest absolute Gasteiger partial charge is 0.306 e. The zero-order valence-corrected chi connectivity index (χ0v) is 11.1. The Hall–Kier alpha value is -0.410. The highest BCUT2D eigenvalue weighted by molar-refractivity contribution is 7.07. The van der Waals surface area contributed by atoms with Gasteiger partial charge in [-0.25, -0.2) is 4.98 Å². The van der Waals surface area contributed by atoms with E-state index < -0.39 is 0 Å². The van der Waals surface area contributed by atoms with Gasteiger partial charge in [0.2, 0.25) is 0 Å². The minimum Gasteiger partial charge on any atom is -0.306 e. The summed E-state index contributed by atoms with van der Waals surface area (Å²) in [6.45, 7) is 4.55. The van der Waals surface area contributed by atoms with E-state index in [0.717, 1.165) is 5.92 Å². The molecule has 0 saturated heterocycles. The molecular weight excluding hydrogens is 216 g/mol. The van der Waals surface area contributed by atoms with Gasteiger partial charge >= 0.3 is 0 Å². The van der Waals surface area contributed by atoms with Crippen molar-refractivity contribution in [3.05, 3.63) is 16.6 Å². The topological polar surface area (TPSA) is 24.9 Å². The lowest BCUT2D eigenvalue weighted by molar-refractivity contribution is 0.267. The van der Waals surface area contributed by atoms with E-state index in [-0.39, 0.29) is 0 Å². The van der Waals surface area contributed by atoms with Crippen molar-refractivity contribution in [3.8, 4) is 0 Å². The zero-order chi connectivity index (χ0) is 11.4. The maximum atomic E-state index is 4.37. The van der Waals surface area contributed by atoms with Crippen LogP contribution in [0.5, 0.6) is 0 Å². The molecule has 0 bridgehead atoms. The third-order valence-corrected chi connectivity index (χ3v) is 4.37. The fourth-order valence-corrected chi connectivity index (χ4v) is 3.33. The normalized spacial score (nSPS) is 21.9. The number of thiazole rings is 1. The smallest absolute Gasteiger partial charge is 0.0795 e. The molecule has 1 unspecified atom stereocenters. The van der Waals surface area contributed by atoms with Gasteiger partial charge in [-0.15, -0.1) is 11.3 Å². The average Bonchev–Trinajstić information content (AvgIpc) is 2.83. The lowest BCUT2D eigenvalue weighted by atomic mass is 9.84. The summed E-state index contributed by atoms with van der Waals surface area (Å²) in [5.41, 5.74) is 3.10. The van der Waals surface area contributed by atoms with Gasteiger partial charge in [-0.2, -0.15) is 0 Å². The summed E-state index contributed by atoms with van der Waals surface area (Å²) in [5.74, 6) is 0.870. The predicted octanol–water partition coefficient (Wildman–Crippen LogP) is 3.76. The van der Waals surface area contributed by atoms with Gasteiger partial charge in [-0.3, -0.25) is 0 Å². The van der Waals surface area contributed by atoms with Crippen LogP contribution in [-0.2, 0) is 0 Å². The summed E-state index contributed by atoms with van der Waals surface area (Å²) < 4.78 is 0. The van der Waals surface area contributed by atoms with E-state index in [1.807, 2.05) is 5.51 Å². The Labute approximate surface area is 102 Å². The van der Waals surface area contributed by atoms with Crippen LogP contribution in [0.4, 0.5) is 0 Å². The Bertz CT molecular complexity index is 291. The molecule has 0 radical (unpaired) electrons. The number of rotatable bonds is 4. The first-order chi connectivity index (χ1) is 7.77. The van der Waals surface area contributed by atoms with Crippen molar-refractivity contribution in [2.24, 2.45) is 5.92 Å². The minimum atomic E-state index is 0.392. The van der Waals surface area contributed by atoms with Crippen molar-refractivity contribution in [1.29, 1.82) is 0 Å². The number of aromatic nitrogens is 1. The van der Waals surface area contributed by atoms with Crippen LogP contribution in [0.25, 0.3) is 0 Å². The second kappa shape index (κ2) is 5.78. The van der Waals surface area contributed by atoms with Gasteiger partial charge in [0.1, 0.15) is 0 Å². The molecule has 1 heterocycles. The lowest BCUT2D eigenvalue weighted by Crippen LogP contribution is -2.36. The van der Waals surface area contributed by atoms with Crippen LogP contribution in [-0.4, -0.2) is 11.0 Å². The molecule has 1 saturated carbocycles. The summed E-state index contributed by atoms with van der Waals surface area (Å²) in [6, 6.07) is 1.01. The SMILES string of the molecule is CC(N[C@H](C)C1CCCCC1)c1cscn1. The Morgan fingerprint density at radius 1 is 1.31 bits per heavy atom. The number of hydrogen-bond acceptors (Lipinski definition) is 3. The van der Waals surface area contributed by atoms with Gasteiger partial charge in [0.05, 0.1) is 11.2 Å². The lowest BCUT2D eigenvalue weighted by Gasteiger charge is -2.30. The van der Waals surface area contributed by atoms with Crippen LogP contribution >= 0.6 is 11.3 Å². The van der Waals surface area contributed by atoms with Gasteiger partial charge in [0, 0.05) is 17.5 Å². The van der Waals surface area contributed by atoms with E-state index in [1.165, 1.54) is 37.8 Å². The first kappa shape index (κ1) is 12.1. The molecule has 2 nitrogen and oxygen atoms in total. The van der Waals surface area contributed by atoms with Crippen molar-refractivity contribution >= 4 is 11.3 Å². The average molecular weight is 238 g/mol. The Morgan fingerprint density at radius 3 is 2.69 bits per heavy atom. The van der Waals surface area contributed by atoms with Crippen LogP contribution in [0.15, 0.2) is 10.9 Å². The molecule has 1 aliphatic carbocycles. The second-order valence-electron chi connectivity index (χ2n) is 4.99. The summed E-state index contributed by atoms with van der Waals surface area (Å²) in [7, 11) is 0. The van der Waals surface area contributed by atoms with Crippen LogP contribution in [0.2, 0.25) is 0 Å². The standard InChI is InChI=1S/C13H22N2S/c1-10(12-6-4-3-5-7-12)15-11(2)13-8-16-9-14-13/h8-12,15H,3-7H2,1-2H3/t10-,11?/m1/s1. The quantitative estimate of drug-likeness (QED) is 0.864. The van der Waals surface area contributed by atoms with Crippen LogP contribution in [0.3, 0.4) is 0 Å². The highest BCUT2D eigenvalue weighted by Crippen LogP contribution is 2.27. The first-order valence-electron chi connectivity index (χ1n) is 6.41. The molecule has 1 fully saturated rings. The van der Waals surface area contributed by atoms with Crippen molar-refractivity contribution < 1.29 is 0 Å². The summed E-state index contributed by atoms with van der Waals surface area (Å²) in [5, 5.41) is 5.84. The molecule has 90 valence electrons. The molecule has 0 amide bonds. The number of nitrogens with zero attached hydrogens (tertiary/aromatic N) is 1. The zero-order valence-electron chi connectivity index (χ0n) is 10.3. The summed E-state index contributed by atoms with van der Waals surface area (Å²) in [6.07, 6.45) is 7.07. The molecule has 3 heteroatoms. The molecule has 1 aromatic rings. The summed E-state index contributed by atoms with van der Waals surface area (Å²) >= 11 is 1.68. The first-order valence-corrected chi connectivity index (χ1v) is 7.36. The number of nitrogens with one attached hydrogen (secondary N) is 1. The second-order valence-corrected chi connectivity index (χ2v) is 5.71. The van der Waals surface area contributed by atoms with Gasteiger partial charge in [-0.1, -0.05) is 19.3 Å². The maximum absolute atomic E-state index is 4.37. The van der Waals surface area contributed by atoms with Crippen LogP contribution in [0, 0.1) is 5.92 Å². The van der Waals surface area contributed by atoms with Gasteiger partial charge in [0.15, 0.2) is 0 Å². The van der Waals surface area contributed by atoms with Crippen molar-refractivity contribution in [1.82, 2.24) is 10.3 Å². The van der Waals surface area contributed by atoms with Crippen molar-refractivity contribution in [2.75, 3.05) is 0 Å². The molecule has 0 aliphatic heterocycles. The molecular formula is C13H22N2S.